The lowest BCUT2D eigenvalue weighted by molar-refractivity contribution is -0.0145. The fraction of sp³-hybridized carbons (Fsp3) is 0.650. The Labute approximate surface area is 166 Å². The average molecular weight is 411 g/mol. The number of hydrogen-bond donors (Lipinski definition) is 3. The number of hydrogen-bond acceptors (Lipinski definition) is 5. The summed E-state index contributed by atoms with van der Waals surface area (Å²) in [6.07, 6.45) is 4.19. The summed E-state index contributed by atoms with van der Waals surface area (Å²) < 4.78 is 30.7. The second-order valence-electron chi connectivity index (χ2n) is 8.63. The van der Waals surface area contributed by atoms with Crippen molar-refractivity contribution < 1.29 is 23.1 Å². The molecule has 1 fully saturated rings. The van der Waals surface area contributed by atoms with Gasteiger partial charge in [-0.3, -0.25) is 4.79 Å². The number of carbonyl (C=O) groups is 1. The van der Waals surface area contributed by atoms with Crippen molar-refractivity contribution in [3.05, 3.63) is 23.3 Å². The number of fused-ring (bicyclic) bond motifs is 3. The van der Waals surface area contributed by atoms with Crippen LogP contribution in [0.2, 0.25) is 0 Å². The van der Waals surface area contributed by atoms with Gasteiger partial charge in [0.15, 0.2) is 0 Å². The van der Waals surface area contributed by atoms with Crippen molar-refractivity contribution in [1.29, 1.82) is 0 Å². The summed E-state index contributed by atoms with van der Waals surface area (Å²) in [5.74, 6) is 1.20. The monoisotopic (exact) mass is 410 g/mol. The van der Waals surface area contributed by atoms with E-state index in [-0.39, 0.29) is 35.9 Å². The minimum Gasteiger partial charge on any atom is -0.507 e. The summed E-state index contributed by atoms with van der Waals surface area (Å²) >= 11 is 0. The maximum Gasteiger partial charge on any atom is 0.255 e. The zero-order chi connectivity index (χ0) is 20.7. The Bertz CT molecular complexity index is 866. The highest BCUT2D eigenvalue weighted by Gasteiger charge is 2.47. The molecule has 2 aliphatic rings. The number of benzene rings is 1. The molecule has 0 aromatic heterocycles. The van der Waals surface area contributed by atoms with Crippen molar-refractivity contribution in [2.24, 2.45) is 11.8 Å². The number of ether oxygens (including phenoxy) is 1. The van der Waals surface area contributed by atoms with Gasteiger partial charge in [-0.1, -0.05) is 13.3 Å². The number of amides is 1. The molecule has 1 heterocycles. The largest absolute Gasteiger partial charge is 0.507 e. The highest BCUT2D eigenvalue weighted by atomic mass is 32.2. The van der Waals surface area contributed by atoms with Crippen LogP contribution in [0, 0.1) is 11.8 Å². The Kier molecular flexibility index (Phi) is 5.64. The number of rotatable bonds is 5. The fourth-order valence-electron chi connectivity index (χ4n) is 4.62. The van der Waals surface area contributed by atoms with Crippen LogP contribution in [0.25, 0.3) is 0 Å². The van der Waals surface area contributed by atoms with Gasteiger partial charge >= 0.3 is 0 Å². The van der Waals surface area contributed by atoms with E-state index in [0.717, 1.165) is 31.1 Å². The summed E-state index contributed by atoms with van der Waals surface area (Å²) in [4.78, 5) is 12.5. The lowest BCUT2D eigenvalue weighted by Crippen LogP contribution is -2.46. The van der Waals surface area contributed by atoms with Crippen LogP contribution < -0.4 is 14.8 Å². The number of nitrogens with one attached hydrogen (secondary N) is 2. The Morgan fingerprint density at radius 3 is 2.68 bits per heavy atom. The molecule has 7 nitrogen and oxygen atoms in total. The quantitative estimate of drug-likeness (QED) is 0.647. The second kappa shape index (κ2) is 7.55. The lowest BCUT2D eigenvalue weighted by Gasteiger charge is -2.48. The van der Waals surface area contributed by atoms with E-state index in [1.54, 1.807) is 12.1 Å². The first-order valence-electron chi connectivity index (χ1n) is 9.77. The van der Waals surface area contributed by atoms with Crippen LogP contribution in [0.15, 0.2) is 12.1 Å². The molecule has 0 saturated heterocycles. The van der Waals surface area contributed by atoms with Crippen LogP contribution in [0.4, 0.5) is 0 Å². The zero-order valence-electron chi connectivity index (χ0n) is 16.9. The zero-order valence-corrected chi connectivity index (χ0v) is 17.7. The third kappa shape index (κ3) is 4.27. The summed E-state index contributed by atoms with van der Waals surface area (Å²) in [7, 11) is -3.30. The summed E-state index contributed by atoms with van der Waals surface area (Å²) in [5.41, 5.74) is 0.613. The molecule has 0 bridgehead atoms. The summed E-state index contributed by atoms with van der Waals surface area (Å²) in [6, 6.07) is 3.33. The first-order valence-corrected chi connectivity index (χ1v) is 11.7. The van der Waals surface area contributed by atoms with Gasteiger partial charge < -0.3 is 15.2 Å². The van der Waals surface area contributed by atoms with Gasteiger partial charge in [0.1, 0.15) is 17.1 Å². The predicted octanol–water partition coefficient (Wildman–Crippen LogP) is 2.36. The molecule has 0 spiro atoms. The Hall–Kier alpha value is -1.80. The fourth-order valence-corrected chi connectivity index (χ4v) is 5.09. The second-order valence-corrected chi connectivity index (χ2v) is 10.5. The molecule has 1 saturated carbocycles. The molecule has 1 aromatic carbocycles. The molecule has 3 N–H and O–H groups in total. The minimum absolute atomic E-state index is 0.0225. The van der Waals surface area contributed by atoms with E-state index >= 15 is 0 Å². The molecule has 0 radical (unpaired) electrons. The standard InChI is InChI=1S/C20H30N2O5S/c1-12-5-7-15-14(11-12)17-16(27-20(15,2)3)8-6-13(18(17)23)19(24)21-9-10-22-28(4,25)26/h6,8,12,14-15,22-23H,5,7,9-11H2,1-4H3,(H,21,24)/t12-,14-,15-/m1/s1. The van der Waals surface area contributed by atoms with Gasteiger partial charge in [-0.25, -0.2) is 13.1 Å². The highest BCUT2D eigenvalue weighted by Crippen LogP contribution is 2.55. The van der Waals surface area contributed by atoms with Gasteiger partial charge in [0.25, 0.3) is 5.91 Å². The number of phenols is 1. The molecule has 1 aliphatic carbocycles. The smallest absolute Gasteiger partial charge is 0.255 e. The first kappa shape index (κ1) is 20.9. The van der Waals surface area contributed by atoms with E-state index < -0.39 is 15.9 Å². The maximum absolute atomic E-state index is 12.5. The van der Waals surface area contributed by atoms with Crippen LogP contribution in [-0.2, 0) is 10.0 Å². The molecule has 3 rings (SSSR count). The first-order chi connectivity index (χ1) is 13.0. The number of sulfonamides is 1. The Balaban J connectivity index is 1.83. The van der Waals surface area contributed by atoms with Crippen molar-refractivity contribution in [3.8, 4) is 11.5 Å². The topological polar surface area (TPSA) is 105 Å². The predicted molar refractivity (Wildman–Crippen MR) is 107 cm³/mol. The van der Waals surface area contributed by atoms with E-state index in [2.05, 4.69) is 30.8 Å². The summed E-state index contributed by atoms with van der Waals surface area (Å²) in [6.45, 7) is 6.64. The molecule has 8 heteroatoms. The SMILES string of the molecule is C[C@@H]1CC[C@@H]2[C@@H](C1)c1c(ccc(C(=O)NCCNS(C)(=O)=O)c1O)OC2(C)C. The molecule has 1 amide bonds. The van der Waals surface area contributed by atoms with Gasteiger partial charge in [0.2, 0.25) is 10.0 Å². The molecular weight excluding hydrogens is 380 g/mol. The van der Waals surface area contributed by atoms with Crippen molar-refractivity contribution >= 4 is 15.9 Å². The van der Waals surface area contributed by atoms with Crippen LogP contribution in [-0.4, -0.2) is 44.4 Å². The van der Waals surface area contributed by atoms with Gasteiger partial charge in [-0.2, -0.15) is 0 Å². The molecule has 1 aromatic rings. The molecule has 156 valence electrons. The normalized spacial score (nSPS) is 25.9. The third-order valence-corrected chi connectivity index (χ3v) is 6.67. The average Bonchev–Trinajstić information content (AvgIpc) is 2.57. The van der Waals surface area contributed by atoms with E-state index in [1.165, 1.54) is 0 Å². The van der Waals surface area contributed by atoms with Crippen LogP contribution in [0.1, 0.15) is 61.9 Å². The molecular formula is C20H30N2O5S. The number of phenolic OH excluding ortho intramolecular Hbond substituents is 1. The lowest BCUT2D eigenvalue weighted by atomic mass is 9.64. The minimum atomic E-state index is -3.30. The van der Waals surface area contributed by atoms with Gasteiger partial charge in [-0.15, -0.1) is 0 Å². The summed E-state index contributed by atoms with van der Waals surface area (Å²) in [5, 5.41) is 13.6. The molecule has 3 atom stereocenters. The number of aromatic hydroxyl groups is 1. The van der Waals surface area contributed by atoms with Crippen LogP contribution in [0.3, 0.4) is 0 Å². The van der Waals surface area contributed by atoms with E-state index in [1.807, 2.05) is 0 Å². The maximum atomic E-state index is 12.5. The third-order valence-electron chi connectivity index (χ3n) is 5.95. The van der Waals surface area contributed by atoms with E-state index in [4.69, 9.17) is 4.74 Å². The van der Waals surface area contributed by atoms with E-state index in [9.17, 15) is 18.3 Å². The van der Waals surface area contributed by atoms with E-state index in [0.29, 0.717) is 17.6 Å². The van der Waals surface area contributed by atoms with Crippen molar-refractivity contribution in [2.45, 2.75) is 51.6 Å². The van der Waals surface area contributed by atoms with Gasteiger partial charge in [-0.05, 0) is 50.7 Å². The molecule has 28 heavy (non-hydrogen) atoms. The van der Waals surface area contributed by atoms with Crippen LogP contribution >= 0.6 is 0 Å². The Morgan fingerprint density at radius 2 is 2.00 bits per heavy atom. The highest BCUT2D eigenvalue weighted by molar-refractivity contribution is 7.88. The van der Waals surface area contributed by atoms with Crippen molar-refractivity contribution in [2.75, 3.05) is 19.3 Å². The van der Waals surface area contributed by atoms with Gasteiger partial charge in [0.05, 0.1) is 11.8 Å². The van der Waals surface area contributed by atoms with Crippen molar-refractivity contribution in [3.63, 3.8) is 0 Å². The molecule has 0 unspecified atom stereocenters. The number of carbonyl (C=O) groups excluding carboxylic acids is 1. The van der Waals surface area contributed by atoms with Gasteiger partial charge in [0, 0.05) is 24.6 Å². The van der Waals surface area contributed by atoms with Crippen molar-refractivity contribution in [1.82, 2.24) is 10.0 Å². The molecule has 1 aliphatic heterocycles. The Morgan fingerprint density at radius 1 is 1.29 bits per heavy atom. The van der Waals surface area contributed by atoms with Crippen LogP contribution in [0.5, 0.6) is 11.5 Å².